The van der Waals surface area contributed by atoms with E-state index >= 15 is 0 Å². The van der Waals surface area contributed by atoms with Crippen molar-refractivity contribution in [2.75, 3.05) is 19.6 Å². The number of piperidine rings is 1. The van der Waals surface area contributed by atoms with Gasteiger partial charge in [-0.2, -0.15) is 13.2 Å². The van der Waals surface area contributed by atoms with Gasteiger partial charge in [0.05, 0.1) is 11.5 Å². The number of hydrogen-bond donors (Lipinski definition) is 1. The Morgan fingerprint density at radius 1 is 1.32 bits per heavy atom. The second-order valence-corrected chi connectivity index (χ2v) is 5.66. The molecule has 1 aromatic rings. The molecule has 1 unspecified atom stereocenters. The van der Waals surface area contributed by atoms with Gasteiger partial charge in [0.25, 0.3) is 0 Å². The van der Waals surface area contributed by atoms with Gasteiger partial charge >= 0.3 is 6.18 Å². The minimum Gasteiger partial charge on any atom is -0.356 e. The van der Waals surface area contributed by atoms with E-state index in [2.05, 4.69) is 10.2 Å². The highest BCUT2D eigenvalue weighted by atomic mass is 19.4. The summed E-state index contributed by atoms with van der Waals surface area (Å²) in [4.78, 5) is 14.0. The molecule has 1 aliphatic rings. The lowest BCUT2D eigenvalue weighted by atomic mass is 9.96. The molecule has 0 aromatic heterocycles. The summed E-state index contributed by atoms with van der Waals surface area (Å²) in [5, 5.41) is 2.83. The SMILES string of the molecule is CCNC(=O)C1CCCN(Cc2ccc(C(F)(F)F)cc2)C1. The maximum Gasteiger partial charge on any atom is 0.416 e. The third-order valence-electron chi connectivity index (χ3n) is 3.91. The monoisotopic (exact) mass is 314 g/mol. The van der Waals surface area contributed by atoms with Crippen LogP contribution >= 0.6 is 0 Å². The van der Waals surface area contributed by atoms with Crippen molar-refractivity contribution >= 4 is 5.91 Å². The van der Waals surface area contributed by atoms with Crippen LogP contribution < -0.4 is 5.32 Å². The van der Waals surface area contributed by atoms with Gasteiger partial charge in [0.1, 0.15) is 0 Å². The van der Waals surface area contributed by atoms with Crippen LogP contribution in [0.25, 0.3) is 0 Å². The van der Waals surface area contributed by atoms with Crippen LogP contribution in [-0.4, -0.2) is 30.4 Å². The molecule has 1 heterocycles. The molecule has 0 saturated carbocycles. The van der Waals surface area contributed by atoms with Crippen LogP contribution in [0.3, 0.4) is 0 Å². The van der Waals surface area contributed by atoms with Gasteiger partial charge in [-0.25, -0.2) is 0 Å². The van der Waals surface area contributed by atoms with Crippen molar-refractivity contribution in [3.63, 3.8) is 0 Å². The lowest BCUT2D eigenvalue weighted by Gasteiger charge is -2.32. The molecule has 1 saturated heterocycles. The number of halogens is 3. The van der Waals surface area contributed by atoms with Crippen molar-refractivity contribution in [2.45, 2.75) is 32.5 Å². The number of alkyl halides is 3. The zero-order chi connectivity index (χ0) is 16.2. The molecular weight excluding hydrogens is 293 g/mol. The normalized spacial score (nSPS) is 19.9. The van der Waals surface area contributed by atoms with Crippen LogP contribution in [0.5, 0.6) is 0 Å². The Balaban J connectivity index is 1.94. The highest BCUT2D eigenvalue weighted by Crippen LogP contribution is 2.29. The van der Waals surface area contributed by atoms with Gasteiger partial charge in [-0.1, -0.05) is 12.1 Å². The lowest BCUT2D eigenvalue weighted by Crippen LogP contribution is -2.42. The first-order valence-corrected chi connectivity index (χ1v) is 7.56. The highest BCUT2D eigenvalue weighted by molar-refractivity contribution is 5.78. The summed E-state index contributed by atoms with van der Waals surface area (Å²) in [5.41, 5.74) is 0.208. The first-order chi connectivity index (χ1) is 10.4. The van der Waals surface area contributed by atoms with Gasteiger partial charge in [-0.05, 0) is 44.0 Å². The molecule has 1 aliphatic heterocycles. The van der Waals surface area contributed by atoms with Crippen molar-refractivity contribution in [2.24, 2.45) is 5.92 Å². The molecule has 0 aliphatic carbocycles. The average Bonchev–Trinajstić information content (AvgIpc) is 2.47. The Bertz CT molecular complexity index is 499. The van der Waals surface area contributed by atoms with Crippen LogP contribution in [0.4, 0.5) is 13.2 Å². The van der Waals surface area contributed by atoms with Crippen LogP contribution in [0.15, 0.2) is 24.3 Å². The molecule has 22 heavy (non-hydrogen) atoms. The zero-order valence-electron chi connectivity index (χ0n) is 12.6. The second kappa shape index (κ2) is 7.13. The summed E-state index contributed by atoms with van der Waals surface area (Å²) < 4.78 is 37.6. The van der Waals surface area contributed by atoms with E-state index in [9.17, 15) is 18.0 Å². The minimum atomic E-state index is -4.30. The summed E-state index contributed by atoms with van der Waals surface area (Å²) >= 11 is 0. The highest BCUT2D eigenvalue weighted by Gasteiger charge is 2.30. The van der Waals surface area contributed by atoms with Crippen LogP contribution in [0.2, 0.25) is 0 Å². The van der Waals surface area contributed by atoms with Crippen molar-refractivity contribution in [1.82, 2.24) is 10.2 Å². The number of nitrogens with zero attached hydrogens (tertiary/aromatic N) is 1. The van der Waals surface area contributed by atoms with Crippen molar-refractivity contribution in [3.05, 3.63) is 35.4 Å². The Hall–Kier alpha value is -1.56. The van der Waals surface area contributed by atoms with E-state index < -0.39 is 11.7 Å². The van der Waals surface area contributed by atoms with Crippen LogP contribution in [-0.2, 0) is 17.5 Å². The summed E-state index contributed by atoms with van der Waals surface area (Å²) in [6.45, 7) is 4.62. The van der Waals surface area contributed by atoms with E-state index in [1.165, 1.54) is 12.1 Å². The number of hydrogen-bond acceptors (Lipinski definition) is 2. The molecule has 1 N–H and O–H groups in total. The third-order valence-corrected chi connectivity index (χ3v) is 3.91. The Morgan fingerprint density at radius 3 is 2.59 bits per heavy atom. The molecule has 3 nitrogen and oxygen atoms in total. The number of carbonyl (C=O) groups is 1. The Kier molecular flexibility index (Phi) is 5.45. The fraction of sp³-hybridized carbons (Fsp3) is 0.562. The largest absolute Gasteiger partial charge is 0.416 e. The molecule has 0 spiro atoms. The minimum absolute atomic E-state index is 0.0249. The lowest BCUT2D eigenvalue weighted by molar-refractivity contribution is -0.137. The predicted octanol–water partition coefficient (Wildman–Crippen LogP) is 3.05. The van der Waals surface area contributed by atoms with Gasteiger partial charge in [0, 0.05) is 19.6 Å². The van der Waals surface area contributed by atoms with Gasteiger partial charge in [0.15, 0.2) is 0 Å². The maximum atomic E-state index is 12.5. The van der Waals surface area contributed by atoms with E-state index in [1.54, 1.807) is 0 Å². The molecule has 0 bridgehead atoms. The number of likely N-dealkylation sites (tertiary alicyclic amines) is 1. The van der Waals surface area contributed by atoms with Gasteiger partial charge in [-0.15, -0.1) is 0 Å². The molecule has 122 valence electrons. The van der Waals surface area contributed by atoms with Gasteiger partial charge < -0.3 is 5.32 Å². The first-order valence-electron chi connectivity index (χ1n) is 7.56. The molecule has 6 heteroatoms. The number of amides is 1. The zero-order valence-corrected chi connectivity index (χ0v) is 12.6. The molecule has 0 radical (unpaired) electrons. The summed E-state index contributed by atoms with van der Waals surface area (Å²) in [6, 6.07) is 5.25. The molecule has 2 rings (SSSR count). The third kappa shape index (κ3) is 4.47. The molecular formula is C16H21F3N2O. The standard InChI is InChI=1S/C16H21F3N2O/c1-2-20-15(22)13-4-3-9-21(11-13)10-12-5-7-14(8-6-12)16(17,18)19/h5-8,13H,2-4,9-11H2,1H3,(H,20,22). The number of nitrogens with one attached hydrogen (secondary N) is 1. The maximum absolute atomic E-state index is 12.5. The number of carbonyl (C=O) groups excluding carboxylic acids is 1. The quantitative estimate of drug-likeness (QED) is 0.926. The van der Waals surface area contributed by atoms with Crippen molar-refractivity contribution in [3.8, 4) is 0 Å². The fourth-order valence-electron chi connectivity index (χ4n) is 2.79. The van der Waals surface area contributed by atoms with Crippen molar-refractivity contribution in [1.29, 1.82) is 0 Å². The Labute approximate surface area is 128 Å². The summed E-state index contributed by atoms with van der Waals surface area (Å²) in [5.74, 6) is 0.0442. The molecule has 1 aromatic carbocycles. The van der Waals surface area contributed by atoms with E-state index in [4.69, 9.17) is 0 Å². The van der Waals surface area contributed by atoms with E-state index in [-0.39, 0.29) is 11.8 Å². The van der Waals surface area contributed by atoms with Crippen LogP contribution in [0.1, 0.15) is 30.9 Å². The van der Waals surface area contributed by atoms with E-state index in [1.807, 2.05) is 6.92 Å². The van der Waals surface area contributed by atoms with Crippen LogP contribution in [0, 0.1) is 5.92 Å². The Morgan fingerprint density at radius 2 is 2.00 bits per heavy atom. The second-order valence-electron chi connectivity index (χ2n) is 5.66. The molecule has 1 fully saturated rings. The summed E-state index contributed by atoms with van der Waals surface area (Å²) in [7, 11) is 0. The molecule has 1 atom stereocenters. The average molecular weight is 314 g/mol. The topological polar surface area (TPSA) is 32.3 Å². The smallest absolute Gasteiger partial charge is 0.356 e. The number of benzene rings is 1. The predicted molar refractivity (Wildman–Crippen MR) is 78.1 cm³/mol. The first kappa shape index (κ1) is 16.8. The van der Waals surface area contributed by atoms with Gasteiger partial charge in [-0.3, -0.25) is 9.69 Å². The van der Waals surface area contributed by atoms with E-state index in [0.717, 1.165) is 37.1 Å². The molecule has 1 amide bonds. The van der Waals surface area contributed by atoms with Crippen molar-refractivity contribution < 1.29 is 18.0 Å². The van der Waals surface area contributed by atoms with Gasteiger partial charge in [0.2, 0.25) is 5.91 Å². The summed E-state index contributed by atoms with van der Waals surface area (Å²) in [6.07, 6.45) is -2.50. The fourth-order valence-corrected chi connectivity index (χ4v) is 2.79. The van der Waals surface area contributed by atoms with E-state index in [0.29, 0.717) is 19.6 Å². The number of rotatable bonds is 4.